The maximum atomic E-state index is 11.0. The molecule has 7 nitrogen and oxygen atoms in total. The molecule has 0 aliphatic rings. The first-order valence-corrected chi connectivity index (χ1v) is 6.07. The van der Waals surface area contributed by atoms with Gasteiger partial charge in [-0.1, -0.05) is 6.07 Å². The highest BCUT2D eigenvalue weighted by Crippen LogP contribution is 2.33. The van der Waals surface area contributed by atoms with Crippen LogP contribution in [0, 0.1) is 10.1 Å². The Hall–Kier alpha value is -3.22. The second kappa shape index (κ2) is 5.04. The third kappa shape index (κ3) is 2.44. The Labute approximate surface area is 119 Å². The van der Waals surface area contributed by atoms with Crippen LogP contribution in [0.4, 0.5) is 11.5 Å². The van der Waals surface area contributed by atoms with Gasteiger partial charge in [0.05, 0.1) is 10.4 Å². The number of hydrogen-bond acceptors (Lipinski definition) is 6. The summed E-state index contributed by atoms with van der Waals surface area (Å²) in [6, 6.07) is 11.5. The van der Waals surface area contributed by atoms with Crippen molar-refractivity contribution in [2.24, 2.45) is 0 Å². The highest BCUT2D eigenvalue weighted by molar-refractivity contribution is 5.85. The van der Waals surface area contributed by atoms with Crippen molar-refractivity contribution in [3.05, 3.63) is 58.8 Å². The summed E-state index contributed by atoms with van der Waals surface area (Å²) in [6.07, 6.45) is 1.66. The number of rotatable bonds is 3. The van der Waals surface area contributed by atoms with Gasteiger partial charge in [-0.2, -0.15) is 4.98 Å². The number of aromatic nitrogens is 2. The zero-order chi connectivity index (χ0) is 14.8. The number of benzene rings is 1. The Bertz CT molecular complexity index is 830. The fourth-order valence-electron chi connectivity index (χ4n) is 1.93. The lowest BCUT2D eigenvalue weighted by atomic mass is 10.2. The fourth-order valence-corrected chi connectivity index (χ4v) is 1.93. The molecule has 0 saturated carbocycles. The monoisotopic (exact) mass is 282 g/mol. The predicted molar refractivity (Wildman–Crippen MR) is 77.1 cm³/mol. The van der Waals surface area contributed by atoms with Crippen LogP contribution in [0.3, 0.4) is 0 Å². The van der Waals surface area contributed by atoms with E-state index in [2.05, 4.69) is 9.97 Å². The topological polar surface area (TPSA) is 104 Å². The number of fused-ring (bicyclic) bond motifs is 1. The van der Waals surface area contributed by atoms with Crippen LogP contribution in [0.25, 0.3) is 10.9 Å². The number of hydrogen-bond donors (Lipinski definition) is 1. The lowest BCUT2D eigenvalue weighted by Crippen LogP contribution is -1.99. The summed E-state index contributed by atoms with van der Waals surface area (Å²) in [5.74, 6) is 0.437. The second-order valence-corrected chi connectivity index (χ2v) is 4.25. The quantitative estimate of drug-likeness (QED) is 0.585. The average Bonchev–Trinajstić information content (AvgIpc) is 2.47. The fraction of sp³-hybridized carbons (Fsp3) is 0. The lowest BCUT2D eigenvalue weighted by molar-refractivity contribution is -0.386. The summed E-state index contributed by atoms with van der Waals surface area (Å²) in [6.45, 7) is 0. The van der Waals surface area contributed by atoms with Crippen LogP contribution in [-0.4, -0.2) is 14.9 Å². The van der Waals surface area contributed by atoms with Crippen molar-refractivity contribution in [2.45, 2.75) is 0 Å². The maximum Gasteiger partial charge on any atom is 0.331 e. The van der Waals surface area contributed by atoms with Crippen molar-refractivity contribution in [3.63, 3.8) is 0 Å². The summed E-state index contributed by atoms with van der Waals surface area (Å²) in [5.41, 5.74) is 6.05. The van der Waals surface area contributed by atoms with Gasteiger partial charge in [0, 0.05) is 17.6 Å². The number of ether oxygens (including phenoxy) is 1. The van der Waals surface area contributed by atoms with E-state index in [0.717, 1.165) is 10.9 Å². The van der Waals surface area contributed by atoms with Gasteiger partial charge in [0.2, 0.25) is 0 Å². The predicted octanol–water partition coefficient (Wildman–Crippen LogP) is 2.91. The van der Waals surface area contributed by atoms with Gasteiger partial charge >= 0.3 is 11.6 Å². The summed E-state index contributed by atoms with van der Waals surface area (Å²) < 4.78 is 5.59. The van der Waals surface area contributed by atoms with E-state index in [-0.39, 0.29) is 17.4 Å². The van der Waals surface area contributed by atoms with E-state index in [9.17, 15) is 10.1 Å². The van der Waals surface area contributed by atoms with E-state index in [1.54, 1.807) is 24.4 Å². The van der Waals surface area contributed by atoms with Gasteiger partial charge in [0.1, 0.15) is 11.6 Å². The number of anilines is 1. The molecule has 0 spiro atoms. The highest BCUT2D eigenvalue weighted by Gasteiger charge is 2.18. The number of pyridine rings is 2. The smallest absolute Gasteiger partial charge is 0.331 e. The van der Waals surface area contributed by atoms with Crippen LogP contribution in [0.5, 0.6) is 11.6 Å². The Morgan fingerprint density at radius 2 is 2.00 bits per heavy atom. The van der Waals surface area contributed by atoms with Crippen molar-refractivity contribution >= 4 is 22.4 Å². The van der Waals surface area contributed by atoms with E-state index < -0.39 is 4.92 Å². The molecule has 0 radical (unpaired) electrons. The zero-order valence-electron chi connectivity index (χ0n) is 10.8. The highest BCUT2D eigenvalue weighted by atomic mass is 16.6. The van der Waals surface area contributed by atoms with E-state index in [4.69, 9.17) is 10.5 Å². The number of nitrogens with two attached hydrogens (primary N) is 1. The number of nitrogens with zero attached hydrogens (tertiary/aromatic N) is 3. The molecule has 2 heterocycles. The van der Waals surface area contributed by atoms with Crippen molar-refractivity contribution in [2.75, 3.05) is 5.73 Å². The van der Waals surface area contributed by atoms with Crippen molar-refractivity contribution < 1.29 is 9.66 Å². The molecule has 2 N–H and O–H groups in total. The third-order valence-corrected chi connectivity index (χ3v) is 2.87. The molecule has 0 aliphatic carbocycles. The van der Waals surface area contributed by atoms with Crippen LogP contribution in [-0.2, 0) is 0 Å². The molecule has 0 aliphatic heterocycles. The molecule has 0 fully saturated rings. The summed E-state index contributed by atoms with van der Waals surface area (Å²) in [7, 11) is 0. The molecule has 104 valence electrons. The van der Waals surface area contributed by atoms with Crippen molar-refractivity contribution in [1.82, 2.24) is 9.97 Å². The van der Waals surface area contributed by atoms with Crippen LogP contribution < -0.4 is 10.5 Å². The normalized spacial score (nSPS) is 10.5. The van der Waals surface area contributed by atoms with Crippen molar-refractivity contribution in [1.29, 1.82) is 0 Å². The van der Waals surface area contributed by atoms with Gasteiger partial charge in [0.15, 0.2) is 0 Å². The first-order chi connectivity index (χ1) is 10.1. The van der Waals surface area contributed by atoms with Crippen molar-refractivity contribution in [3.8, 4) is 11.6 Å². The molecule has 21 heavy (non-hydrogen) atoms. The molecule has 0 amide bonds. The molecule has 0 saturated heterocycles. The van der Waals surface area contributed by atoms with Gasteiger partial charge in [-0.3, -0.25) is 15.1 Å². The van der Waals surface area contributed by atoms with Gasteiger partial charge < -0.3 is 10.5 Å². The number of nitro groups is 1. The number of nitrogen functional groups attached to an aromatic ring is 1. The van der Waals surface area contributed by atoms with E-state index in [1.165, 1.54) is 12.1 Å². The second-order valence-electron chi connectivity index (χ2n) is 4.25. The molecule has 0 bridgehead atoms. The zero-order valence-corrected chi connectivity index (χ0v) is 10.8. The van der Waals surface area contributed by atoms with E-state index >= 15 is 0 Å². The SMILES string of the molecule is Nc1ccc([N+](=O)[O-])c(Oc2cccc3ncccc23)n1. The molecular weight excluding hydrogens is 272 g/mol. The van der Waals surface area contributed by atoms with Crippen LogP contribution >= 0.6 is 0 Å². The first-order valence-electron chi connectivity index (χ1n) is 6.07. The van der Waals surface area contributed by atoms with Crippen LogP contribution in [0.1, 0.15) is 0 Å². The molecule has 1 aromatic carbocycles. The minimum Gasteiger partial charge on any atom is -0.433 e. The Morgan fingerprint density at radius 1 is 1.14 bits per heavy atom. The molecule has 0 atom stereocenters. The molecular formula is C14H10N4O3. The summed E-state index contributed by atoms with van der Waals surface area (Å²) in [5, 5.41) is 11.8. The molecule has 7 heteroatoms. The molecule has 2 aromatic heterocycles. The van der Waals surface area contributed by atoms with Gasteiger partial charge in [-0.15, -0.1) is 0 Å². The lowest BCUT2D eigenvalue weighted by Gasteiger charge is -2.08. The standard InChI is InChI=1S/C14H10N4O3/c15-13-7-6-11(18(19)20)14(17-13)21-12-5-1-4-10-9(12)3-2-8-16-10/h1-8H,(H2,15,17). The Balaban J connectivity index is 2.11. The maximum absolute atomic E-state index is 11.0. The largest absolute Gasteiger partial charge is 0.433 e. The molecule has 0 unspecified atom stereocenters. The van der Waals surface area contributed by atoms with Gasteiger partial charge in [-0.25, -0.2) is 0 Å². The average molecular weight is 282 g/mol. The van der Waals surface area contributed by atoms with Gasteiger partial charge in [-0.05, 0) is 30.3 Å². The van der Waals surface area contributed by atoms with E-state index in [0.29, 0.717) is 5.75 Å². The minimum atomic E-state index is -0.564. The Morgan fingerprint density at radius 3 is 2.81 bits per heavy atom. The van der Waals surface area contributed by atoms with Gasteiger partial charge in [0.25, 0.3) is 0 Å². The molecule has 3 rings (SSSR count). The minimum absolute atomic E-state index is 0.142. The summed E-state index contributed by atoms with van der Waals surface area (Å²) >= 11 is 0. The Kier molecular flexibility index (Phi) is 3.07. The molecule has 3 aromatic rings. The third-order valence-electron chi connectivity index (χ3n) is 2.87. The van der Waals surface area contributed by atoms with Crippen LogP contribution in [0.15, 0.2) is 48.7 Å². The van der Waals surface area contributed by atoms with E-state index in [1.807, 2.05) is 12.1 Å². The first kappa shape index (κ1) is 12.8. The summed E-state index contributed by atoms with van der Waals surface area (Å²) in [4.78, 5) is 18.5. The van der Waals surface area contributed by atoms with Crippen LogP contribution in [0.2, 0.25) is 0 Å².